The van der Waals surface area contributed by atoms with Gasteiger partial charge in [-0.3, -0.25) is 0 Å². The zero-order valence-electron chi connectivity index (χ0n) is 11.6. The van der Waals surface area contributed by atoms with E-state index in [0.29, 0.717) is 0 Å². The Kier molecular flexibility index (Phi) is 4.68. The lowest BCUT2D eigenvalue weighted by molar-refractivity contribution is -0.00461. The van der Waals surface area contributed by atoms with Crippen LogP contribution in [-0.2, 0) is 9.47 Å². The molecule has 0 spiro atoms. The van der Waals surface area contributed by atoms with E-state index in [1.807, 2.05) is 25.1 Å². The van der Waals surface area contributed by atoms with Crippen molar-refractivity contribution in [3.05, 3.63) is 28.8 Å². The maximum Gasteiger partial charge on any atom is 0.102 e. The normalized spacial score (nSPS) is 24.8. The minimum absolute atomic E-state index is 0.0106. The third-order valence-electron chi connectivity index (χ3n) is 3.66. The van der Waals surface area contributed by atoms with E-state index in [-0.39, 0.29) is 18.2 Å². The smallest absolute Gasteiger partial charge is 0.102 e. The second-order valence-corrected chi connectivity index (χ2v) is 5.36. The molecule has 1 aliphatic heterocycles. The van der Waals surface area contributed by atoms with Crippen molar-refractivity contribution in [2.24, 2.45) is 5.73 Å². The molecule has 4 nitrogen and oxygen atoms in total. The average Bonchev–Trinajstić information content (AvgIpc) is 2.81. The van der Waals surface area contributed by atoms with Crippen LogP contribution in [0, 0.1) is 0 Å². The van der Waals surface area contributed by atoms with Crippen molar-refractivity contribution in [1.82, 2.24) is 0 Å². The van der Waals surface area contributed by atoms with Gasteiger partial charge in [0, 0.05) is 33.4 Å². The summed E-state index contributed by atoms with van der Waals surface area (Å²) >= 11 is 6.36. The highest BCUT2D eigenvalue weighted by molar-refractivity contribution is 6.33. The molecule has 0 amide bonds. The maximum absolute atomic E-state index is 6.36. The first-order valence-corrected chi connectivity index (χ1v) is 6.80. The quantitative estimate of drug-likeness (QED) is 0.921. The highest BCUT2D eigenvalue weighted by atomic mass is 35.5. The van der Waals surface area contributed by atoms with E-state index in [2.05, 4.69) is 4.90 Å². The Morgan fingerprint density at radius 3 is 2.26 bits per heavy atom. The largest absolute Gasteiger partial charge is 0.377 e. The Balaban J connectivity index is 2.19. The molecule has 0 bridgehead atoms. The molecule has 1 aromatic carbocycles. The Morgan fingerprint density at radius 1 is 1.26 bits per heavy atom. The first-order chi connectivity index (χ1) is 9.06. The fourth-order valence-electron chi connectivity index (χ4n) is 2.46. The standard InChI is InChI=1S/C14H21ClN2O2/c1-9(16)10-4-5-12(11(15)6-10)17-7-13(18-2)14(8-17)19-3/h4-6,9,13-14H,7-8,16H2,1-3H3/t9-,13?,14?/m0/s1. The Morgan fingerprint density at radius 2 is 1.84 bits per heavy atom. The number of rotatable bonds is 4. The molecule has 1 fully saturated rings. The van der Waals surface area contributed by atoms with Crippen LogP contribution < -0.4 is 10.6 Å². The number of methoxy groups -OCH3 is 2. The van der Waals surface area contributed by atoms with Gasteiger partial charge in [0.2, 0.25) is 0 Å². The summed E-state index contributed by atoms with van der Waals surface area (Å²) in [7, 11) is 3.42. The van der Waals surface area contributed by atoms with E-state index in [1.165, 1.54) is 0 Å². The van der Waals surface area contributed by atoms with Gasteiger partial charge in [-0.1, -0.05) is 17.7 Å². The number of hydrogen-bond acceptors (Lipinski definition) is 4. The molecule has 0 aromatic heterocycles. The van der Waals surface area contributed by atoms with Crippen molar-refractivity contribution < 1.29 is 9.47 Å². The zero-order valence-corrected chi connectivity index (χ0v) is 12.4. The van der Waals surface area contributed by atoms with Gasteiger partial charge in [-0.05, 0) is 24.6 Å². The van der Waals surface area contributed by atoms with Crippen LogP contribution >= 0.6 is 11.6 Å². The van der Waals surface area contributed by atoms with Crippen molar-refractivity contribution in [2.45, 2.75) is 25.2 Å². The van der Waals surface area contributed by atoms with Gasteiger partial charge in [-0.15, -0.1) is 0 Å². The molecule has 1 saturated heterocycles. The van der Waals surface area contributed by atoms with Crippen molar-refractivity contribution >= 4 is 17.3 Å². The van der Waals surface area contributed by atoms with Crippen LogP contribution in [0.25, 0.3) is 0 Å². The van der Waals surface area contributed by atoms with Gasteiger partial charge in [0.1, 0.15) is 12.2 Å². The molecule has 1 aromatic rings. The van der Waals surface area contributed by atoms with E-state index in [4.69, 9.17) is 26.8 Å². The molecule has 2 N–H and O–H groups in total. The fraction of sp³-hybridized carbons (Fsp3) is 0.571. The topological polar surface area (TPSA) is 47.7 Å². The molecule has 106 valence electrons. The van der Waals surface area contributed by atoms with Crippen molar-refractivity contribution in [3.8, 4) is 0 Å². The zero-order chi connectivity index (χ0) is 14.0. The van der Waals surface area contributed by atoms with Crippen molar-refractivity contribution in [3.63, 3.8) is 0 Å². The van der Waals surface area contributed by atoms with Crippen molar-refractivity contribution in [2.75, 3.05) is 32.2 Å². The highest BCUT2D eigenvalue weighted by Gasteiger charge is 2.33. The molecule has 0 saturated carbocycles. The summed E-state index contributed by atoms with van der Waals surface area (Å²) in [6, 6.07) is 5.96. The van der Waals surface area contributed by atoms with E-state index < -0.39 is 0 Å². The van der Waals surface area contributed by atoms with Gasteiger partial charge < -0.3 is 20.1 Å². The summed E-state index contributed by atoms with van der Waals surface area (Å²) in [6.07, 6.45) is 0.156. The number of halogens is 1. The molecule has 0 aliphatic carbocycles. The van der Waals surface area contributed by atoms with E-state index in [0.717, 1.165) is 29.4 Å². The molecular formula is C14H21ClN2O2. The Labute approximate surface area is 119 Å². The second-order valence-electron chi connectivity index (χ2n) is 4.95. The predicted molar refractivity (Wildman–Crippen MR) is 77.9 cm³/mol. The molecule has 1 aliphatic rings. The molecule has 3 atom stereocenters. The molecule has 5 heteroatoms. The van der Waals surface area contributed by atoms with Crippen LogP contribution in [0.5, 0.6) is 0 Å². The van der Waals surface area contributed by atoms with Gasteiger partial charge in [0.15, 0.2) is 0 Å². The van der Waals surface area contributed by atoms with Crippen LogP contribution in [0.2, 0.25) is 5.02 Å². The van der Waals surface area contributed by atoms with Crippen LogP contribution in [0.1, 0.15) is 18.5 Å². The van der Waals surface area contributed by atoms with Gasteiger partial charge in [-0.25, -0.2) is 0 Å². The van der Waals surface area contributed by atoms with Crippen LogP contribution in [-0.4, -0.2) is 39.5 Å². The lowest BCUT2D eigenvalue weighted by atomic mass is 10.1. The number of hydrogen-bond donors (Lipinski definition) is 1. The third-order valence-corrected chi connectivity index (χ3v) is 3.96. The predicted octanol–water partition coefficient (Wildman–Crippen LogP) is 2.21. The van der Waals surface area contributed by atoms with Gasteiger partial charge in [0.05, 0.1) is 10.7 Å². The lowest BCUT2D eigenvalue weighted by Crippen LogP contribution is -2.27. The second kappa shape index (κ2) is 6.09. The lowest BCUT2D eigenvalue weighted by Gasteiger charge is -2.20. The fourth-order valence-corrected chi connectivity index (χ4v) is 2.76. The average molecular weight is 285 g/mol. The van der Waals surface area contributed by atoms with Crippen LogP contribution in [0.15, 0.2) is 18.2 Å². The first kappa shape index (κ1) is 14.6. The number of nitrogens with zero attached hydrogens (tertiary/aromatic N) is 1. The summed E-state index contributed by atoms with van der Waals surface area (Å²) < 4.78 is 10.9. The monoisotopic (exact) mass is 284 g/mol. The summed E-state index contributed by atoms with van der Waals surface area (Å²) in [5.41, 5.74) is 7.91. The maximum atomic E-state index is 6.36. The molecule has 2 rings (SSSR count). The number of nitrogens with two attached hydrogens (primary N) is 1. The molecular weight excluding hydrogens is 264 g/mol. The van der Waals surface area contributed by atoms with Gasteiger partial charge in [-0.2, -0.15) is 0 Å². The summed E-state index contributed by atoms with van der Waals surface area (Å²) in [4.78, 5) is 2.19. The highest BCUT2D eigenvalue weighted by Crippen LogP contribution is 2.32. The minimum Gasteiger partial charge on any atom is -0.377 e. The molecule has 0 radical (unpaired) electrons. The van der Waals surface area contributed by atoms with Crippen LogP contribution in [0.3, 0.4) is 0 Å². The van der Waals surface area contributed by atoms with Crippen molar-refractivity contribution in [1.29, 1.82) is 0 Å². The Hall–Kier alpha value is -0.810. The number of anilines is 1. The van der Waals surface area contributed by atoms with E-state index in [9.17, 15) is 0 Å². The minimum atomic E-state index is -0.0106. The summed E-state index contributed by atoms with van der Waals surface area (Å²) in [5, 5.41) is 0.724. The van der Waals surface area contributed by atoms with Gasteiger partial charge in [0.25, 0.3) is 0 Å². The summed E-state index contributed by atoms with van der Waals surface area (Å²) in [5.74, 6) is 0. The van der Waals surface area contributed by atoms with E-state index in [1.54, 1.807) is 14.2 Å². The molecule has 19 heavy (non-hydrogen) atoms. The first-order valence-electron chi connectivity index (χ1n) is 6.42. The van der Waals surface area contributed by atoms with Crippen LogP contribution in [0.4, 0.5) is 5.69 Å². The van der Waals surface area contributed by atoms with Gasteiger partial charge >= 0.3 is 0 Å². The SMILES string of the molecule is COC1CN(c2ccc([C@H](C)N)cc2Cl)CC1OC. The van der Waals surface area contributed by atoms with E-state index >= 15 is 0 Å². The number of ether oxygens (including phenoxy) is 2. The Bertz CT molecular complexity index is 427. The summed E-state index contributed by atoms with van der Waals surface area (Å²) in [6.45, 7) is 3.52. The third kappa shape index (κ3) is 3.03. The number of benzene rings is 1. The molecule has 1 heterocycles. The molecule has 2 unspecified atom stereocenters.